The summed E-state index contributed by atoms with van der Waals surface area (Å²) in [5, 5.41) is 4.95. The molecule has 0 fully saturated rings. The number of fused-ring (bicyclic) bond motifs is 6. The Hall–Kier alpha value is -7.56. The van der Waals surface area contributed by atoms with Crippen LogP contribution in [0.4, 0.5) is 0 Å². The third-order valence-corrected chi connectivity index (χ3v) is 12.2. The lowest BCUT2D eigenvalue weighted by Gasteiger charge is -2.20. The van der Waals surface area contributed by atoms with E-state index in [0.29, 0.717) is 5.82 Å². The zero-order chi connectivity index (χ0) is 40.5. The van der Waals surface area contributed by atoms with Crippen LogP contribution >= 0.6 is 0 Å². The minimum Gasteiger partial charge on any atom is -0.308 e. The Morgan fingerprint density at radius 2 is 0.733 bits per heavy atom. The van der Waals surface area contributed by atoms with E-state index in [1.165, 1.54) is 82.8 Å². The van der Waals surface area contributed by atoms with E-state index in [-0.39, 0.29) is 0 Å². The van der Waals surface area contributed by atoms with Gasteiger partial charge in [-0.3, -0.25) is 0 Å². The molecule has 8 aromatic carbocycles. The van der Waals surface area contributed by atoms with Gasteiger partial charge in [0.25, 0.3) is 0 Å². The SMILES string of the molecule is Cc1cccc(C)c1-n1c2ccccc2c2cc3c4ccccc4n(-c4c(C)cccc4C)c3c(-c3ccc(-c4cc(-c5ccccc5)nc(-c5ccccc5)n4)cc3)c21. The average molecular weight is 771 g/mol. The van der Waals surface area contributed by atoms with Gasteiger partial charge in [0.2, 0.25) is 0 Å². The number of aromatic nitrogens is 4. The number of hydrogen-bond donors (Lipinski definition) is 0. The van der Waals surface area contributed by atoms with E-state index in [0.717, 1.165) is 33.6 Å². The molecule has 0 aliphatic rings. The van der Waals surface area contributed by atoms with E-state index < -0.39 is 0 Å². The Morgan fingerprint density at radius 1 is 0.333 bits per heavy atom. The fraction of sp³-hybridized carbons (Fsp3) is 0.0714. The third kappa shape index (κ3) is 5.60. The molecule has 0 aliphatic heterocycles. The molecule has 3 aromatic heterocycles. The van der Waals surface area contributed by atoms with Crippen LogP contribution in [0.3, 0.4) is 0 Å². The Morgan fingerprint density at radius 3 is 1.22 bits per heavy atom. The highest BCUT2D eigenvalue weighted by Gasteiger charge is 2.26. The van der Waals surface area contributed by atoms with Gasteiger partial charge in [0.1, 0.15) is 0 Å². The first-order valence-electron chi connectivity index (χ1n) is 20.7. The van der Waals surface area contributed by atoms with Crippen LogP contribution < -0.4 is 0 Å². The third-order valence-electron chi connectivity index (χ3n) is 12.2. The maximum atomic E-state index is 5.19. The molecule has 0 saturated heterocycles. The second-order valence-corrected chi connectivity index (χ2v) is 16.0. The van der Waals surface area contributed by atoms with E-state index >= 15 is 0 Å². The van der Waals surface area contributed by atoms with Gasteiger partial charge in [0, 0.05) is 43.8 Å². The molecular weight excluding hydrogens is 729 g/mol. The number of para-hydroxylation sites is 4. The lowest BCUT2D eigenvalue weighted by molar-refractivity contribution is 1.11. The maximum absolute atomic E-state index is 5.19. The lowest BCUT2D eigenvalue weighted by Crippen LogP contribution is -2.04. The van der Waals surface area contributed by atoms with Crippen molar-refractivity contribution in [1.29, 1.82) is 0 Å². The monoisotopic (exact) mass is 770 g/mol. The highest BCUT2D eigenvalue weighted by Crippen LogP contribution is 2.48. The molecule has 11 rings (SSSR count). The van der Waals surface area contributed by atoms with Crippen molar-refractivity contribution in [2.45, 2.75) is 27.7 Å². The summed E-state index contributed by atoms with van der Waals surface area (Å²) in [7, 11) is 0. The van der Waals surface area contributed by atoms with E-state index in [1.54, 1.807) is 0 Å². The molecule has 60 heavy (non-hydrogen) atoms. The topological polar surface area (TPSA) is 35.6 Å². The normalized spacial score (nSPS) is 11.7. The first-order chi connectivity index (χ1) is 29.4. The van der Waals surface area contributed by atoms with Crippen molar-refractivity contribution in [3.63, 3.8) is 0 Å². The first-order valence-corrected chi connectivity index (χ1v) is 20.7. The first kappa shape index (κ1) is 35.6. The second kappa shape index (κ2) is 14.1. The molecule has 0 radical (unpaired) electrons. The molecular formula is C56H42N4. The predicted octanol–water partition coefficient (Wildman–Crippen LogP) is 14.6. The number of benzene rings is 8. The predicted molar refractivity (Wildman–Crippen MR) is 251 cm³/mol. The molecule has 0 saturated carbocycles. The van der Waals surface area contributed by atoms with Gasteiger partial charge in [0.15, 0.2) is 5.82 Å². The molecule has 0 amide bonds. The Bertz CT molecular complexity index is 3200. The molecule has 0 atom stereocenters. The van der Waals surface area contributed by atoms with Gasteiger partial charge in [-0.2, -0.15) is 0 Å². The molecule has 0 unspecified atom stereocenters. The van der Waals surface area contributed by atoms with Gasteiger partial charge in [-0.15, -0.1) is 0 Å². The molecule has 3 heterocycles. The van der Waals surface area contributed by atoms with Crippen LogP contribution in [-0.4, -0.2) is 19.1 Å². The van der Waals surface area contributed by atoms with Crippen LogP contribution in [0.2, 0.25) is 0 Å². The fourth-order valence-electron chi connectivity index (χ4n) is 9.50. The van der Waals surface area contributed by atoms with Crippen molar-refractivity contribution < 1.29 is 0 Å². The summed E-state index contributed by atoms with van der Waals surface area (Å²) in [6.07, 6.45) is 0. The summed E-state index contributed by atoms with van der Waals surface area (Å²) >= 11 is 0. The highest BCUT2D eigenvalue weighted by atomic mass is 15.0. The molecule has 0 aliphatic carbocycles. The standard InChI is InChI=1S/C56H42N4/c1-35-17-15-18-36(2)52(35)59-49-27-13-11-25-43(49)45-33-46-44-26-12-14-28-50(44)60(53-37(3)19-16-20-38(53)4)55(46)51(54(45)59)41-31-29-40(30-32-41)48-34-47(39-21-7-5-8-22-39)57-56(58-48)42-23-9-6-10-24-42/h5-34H,1-4H3. The quantitative estimate of drug-likeness (QED) is 0.169. The minimum atomic E-state index is 0.707. The highest BCUT2D eigenvalue weighted by molar-refractivity contribution is 6.26. The Kier molecular flexibility index (Phi) is 8.35. The molecule has 286 valence electrons. The van der Waals surface area contributed by atoms with Crippen molar-refractivity contribution in [2.75, 3.05) is 0 Å². The zero-order valence-electron chi connectivity index (χ0n) is 34.1. The van der Waals surface area contributed by atoms with Gasteiger partial charge in [-0.05, 0) is 79.8 Å². The number of aryl methyl sites for hydroxylation is 4. The van der Waals surface area contributed by atoms with E-state index in [4.69, 9.17) is 9.97 Å². The van der Waals surface area contributed by atoms with Crippen molar-refractivity contribution >= 4 is 43.6 Å². The summed E-state index contributed by atoms with van der Waals surface area (Å²) in [4.78, 5) is 10.2. The van der Waals surface area contributed by atoms with Gasteiger partial charge in [-0.25, -0.2) is 9.97 Å². The smallest absolute Gasteiger partial charge is 0.160 e. The molecule has 4 nitrogen and oxygen atoms in total. The molecule has 0 bridgehead atoms. The van der Waals surface area contributed by atoms with Crippen molar-refractivity contribution in [1.82, 2.24) is 19.1 Å². The minimum absolute atomic E-state index is 0.707. The summed E-state index contributed by atoms with van der Waals surface area (Å²) in [5.41, 5.74) is 19.4. The van der Waals surface area contributed by atoms with Crippen LogP contribution in [0.25, 0.3) is 100 Å². The summed E-state index contributed by atoms with van der Waals surface area (Å²) < 4.78 is 5.07. The summed E-state index contributed by atoms with van der Waals surface area (Å²) in [6, 6.07) is 65.4. The summed E-state index contributed by atoms with van der Waals surface area (Å²) in [6.45, 7) is 8.94. The lowest BCUT2D eigenvalue weighted by atomic mass is 9.96. The van der Waals surface area contributed by atoms with Gasteiger partial charge >= 0.3 is 0 Å². The average Bonchev–Trinajstić information content (AvgIpc) is 3.78. The van der Waals surface area contributed by atoms with E-state index in [2.05, 4.69) is 195 Å². The van der Waals surface area contributed by atoms with Crippen LogP contribution in [0.1, 0.15) is 22.3 Å². The molecule has 11 aromatic rings. The maximum Gasteiger partial charge on any atom is 0.160 e. The van der Waals surface area contributed by atoms with Crippen molar-refractivity contribution in [3.8, 4) is 56.4 Å². The van der Waals surface area contributed by atoms with E-state index in [1.807, 2.05) is 24.3 Å². The summed E-state index contributed by atoms with van der Waals surface area (Å²) in [5.74, 6) is 0.707. The van der Waals surface area contributed by atoms with Crippen LogP contribution in [0.15, 0.2) is 182 Å². The molecule has 0 spiro atoms. The Balaban J connectivity index is 1.26. The van der Waals surface area contributed by atoms with Gasteiger partial charge in [-0.1, -0.05) is 158 Å². The number of hydrogen-bond acceptors (Lipinski definition) is 2. The van der Waals surface area contributed by atoms with Crippen LogP contribution in [0.5, 0.6) is 0 Å². The van der Waals surface area contributed by atoms with Gasteiger partial charge < -0.3 is 9.13 Å². The van der Waals surface area contributed by atoms with E-state index in [9.17, 15) is 0 Å². The number of nitrogens with zero attached hydrogens (tertiary/aromatic N) is 4. The molecule has 0 N–H and O–H groups in total. The molecule has 4 heteroatoms. The van der Waals surface area contributed by atoms with Crippen molar-refractivity contribution in [2.24, 2.45) is 0 Å². The second-order valence-electron chi connectivity index (χ2n) is 16.0. The van der Waals surface area contributed by atoms with Crippen LogP contribution in [-0.2, 0) is 0 Å². The largest absolute Gasteiger partial charge is 0.308 e. The zero-order valence-corrected chi connectivity index (χ0v) is 34.1. The fourth-order valence-corrected chi connectivity index (χ4v) is 9.50. The van der Waals surface area contributed by atoms with Gasteiger partial charge in [0.05, 0.1) is 44.8 Å². The van der Waals surface area contributed by atoms with Crippen LogP contribution in [0, 0.1) is 27.7 Å². The Labute approximate surface area is 349 Å². The number of rotatable bonds is 6. The van der Waals surface area contributed by atoms with Crippen molar-refractivity contribution in [3.05, 3.63) is 204 Å².